The third-order valence-corrected chi connectivity index (χ3v) is 2.23. The van der Waals surface area contributed by atoms with Gasteiger partial charge < -0.3 is 4.74 Å². The van der Waals surface area contributed by atoms with Crippen molar-refractivity contribution >= 4 is 5.97 Å². The Morgan fingerprint density at radius 1 is 1.50 bits per heavy atom. The molecule has 0 saturated carbocycles. The van der Waals surface area contributed by atoms with Crippen LogP contribution >= 0.6 is 0 Å². The van der Waals surface area contributed by atoms with Gasteiger partial charge in [-0.3, -0.25) is 4.79 Å². The molecule has 0 atom stereocenters. The average molecular weight is 168 g/mol. The van der Waals surface area contributed by atoms with E-state index >= 15 is 0 Å². The van der Waals surface area contributed by atoms with Gasteiger partial charge >= 0.3 is 5.97 Å². The van der Waals surface area contributed by atoms with Crippen LogP contribution < -0.4 is 0 Å². The van der Waals surface area contributed by atoms with Crippen LogP contribution in [0.1, 0.15) is 38.5 Å². The predicted molar refractivity (Wildman–Crippen MR) is 47.8 cm³/mol. The lowest BCUT2D eigenvalue weighted by Gasteiger charge is -2.02. The van der Waals surface area contributed by atoms with Gasteiger partial charge in [0.1, 0.15) is 0 Å². The normalized spacial score (nSPS) is 17.9. The Kier molecular flexibility index (Phi) is 3.85. The highest BCUT2D eigenvalue weighted by atomic mass is 16.5. The number of hydrogen-bond donors (Lipinski definition) is 0. The number of hydrogen-bond acceptors (Lipinski definition) is 2. The average Bonchev–Trinajstić information content (AvgIpc) is 2.33. The molecule has 0 aromatic carbocycles. The van der Waals surface area contributed by atoms with Crippen LogP contribution in [0.4, 0.5) is 0 Å². The molecule has 0 spiro atoms. The molecule has 68 valence electrons. The SMILES string of the molecule is COC(=O)CC1=CCCCCC1. The Bertz CT molecular complexity index is 182. The van der Waals surface area contributed by atoms with Gasteiger partial charge in [-0.25, -0.2) is 0 Å². The summed E-state index contributed by atoms with van der Waals surface area (Å²) in [7, 11) is 1.44. The zero-order chi connectivity index (χ0) is 8.81. The molecule has 0 N–H and O–H groups in total. The minimum Gasteiger partial charge on any atom is -0.469 e. The molecule has 1 rings (SSSR count). The van der Waals surface area contributed by atoms with Crippen molar-refractivity contribution in [3.05, 3.63) is 11.6 Å². The van der Waals surface area contributed by atoms with Gasteiger partial charge in [0.2, 0.25) is 0 Å². The molecule has 0 heterocycles. The van der Waals surface area contributed by atoms with E-state index in [0.717, 1.165) is 12.8 Å². The standard InChI is InChI=1S/C10H16O2/c1-12-10(11)8-9-6-4-2-3-5-7-9/h6H,2-5,7-8H2,1H3. The lowest BCUT2D eigenvalue weighted by molar-refractivity contribution is -0.139. The minimum atomic E-state index is -0.108. The highest BCUT2D eigenvalue weighted by Crippen LogP contribution is 2.19. The van der Waals surface area contributed by atoms with Crippen LogP contribution in [0.15, 0.2) is 11.6 Å². The molecule has 1 aliphatic carbocycles. The highest BCUT2D eigenvalue weighted by molar-refractivity contribution is 5.72. The van der Waals surface area contributed by atoms with Gasteiger partial charge in [-0.1, -0.05) is 18.1 Å². The fraction of sp³-hybridized carbons (Fsp3) is 0.700. The van der Waals surface area contributed by atoms with E-state index in [9.17, 15) is 4.79 Å². The first-order valence-electron chi connectivity index (χ1n) is 4.57. The fourth-order valence-electron chi connectivity index (χ4n) is 1.50. The fourth-order valence-corrected chi connectivity index (χ4v) is 1.50. The molecule has 0 aliphatic heterocycles. The van der Waals surface area contributed by atoms with Gasteiger partial charge in [0, 0.05) is 0 Å². The van der Waals surface area contributed by atoms with E-state index in [1.165, 1.54) is 31.9 Å². The summed E-state index contributed by atoms with van der Waals surface area (Å²) in [6.07, 6.45) is 8.69. The predicted octanol–water partition coefficient (Wildman–Crippen LogP) is 2.44. The molecule has 0 saturated heterocycles. The van der Waals surface area contributed by atoms with Crippen LogP contribution in [0.2, 0.25) is 0 Å². The largest absolute Gasteiger partial charge is 0.469 e. The molecule has 2 heteroatoms. The lowest BCUT2D eigenvalue weighted by atomic mass is 10.1. The molecule has 0 radical (unpaired) electrons. The van der Waals surface area contributed by atoms with E-state index in [-0.39, 0.29) is 5.97 Å². The Labute approximate surface area is 73.6 Å². The maximum absolute atomic E-state index is 10.9. The zero-order valence-electron chi connectivity index (χ0n) is 7.64. The summed E-state index contributed by atoms with van der Waals surface area (Å²) in [5.74, 6) is -0.108. The monoisotopic (exact) mass is 168 g/mol. The number of methoxy groups -OCH3 is 1. The third-order valence-electron chi connectivity index (χ3n) is 2.23. The number of ether oxygens (including phenoxy) is 1. The van der Waals surface area contributed by atoms with Gasteiger partial charge in [-0.05, 0) is 25.7 Å². The Hall–Kier alpha value is -0.790. The second-order valence-electron chi connectivity index (χ2n) is 3.21. The molecule has 0 aromatic heterocycles. The quantitative estimate of drug-likeness (QED) is 0.467. The van der Waals surface area contributed by atoms with Crippen LogP contribution in [0.3, 0.4) is 0 Å². The minimum absolute atomic E-state index is 0.108. The first-order chi connectivity index (χ1) is 5.83. The summed E-state index contributed by atoms with van der Waals surface area (Å²) in [6, 6.07) is 0. The van der Waals surface area contributed by atoms with Gasteiger partial charge in [0.15, 0.2) is 0 Å². The molecular weight excluding hydrogens is 152 g/mol. The summed E-state index contributed by atoms with van der Waals surface area (Å²) in [4.78, 5) is 10.9. The van der Waals surface area contributed by atoms with Gasteiger partial charge in [0.05, 0.1) is 13.5 Å². The topological polar surface area (TPSA) is 26.3 Å². The van der Waals surface area contributed by atoms with Crippen molar-refractivity contribution in [2.45, 2.75) is 38.5 Å². The van der Waals surface area contributed by atoms with Crippen molar-refractivity contribution in [1.29, 1.82) is 0 Å². The van der Waals surface area contributed by atoms with Crippen LogP contribution in [-0.4, -0.2) is 13.1 Å². The summed E-state index contributed by atoms with van der Waals surface area (Å²) in [5, 5.41) is 0. The summed E-state index contributed by atoms with van der Waals surface area (Å²) >= 11 is 0. The summed E-state index contributed by atoms with van der Waals surface area (Å²) in [5.41, 5.74) is 1.26. The van der Waals surface area contributed by atoms with E-state index in [4.69, 9.17) is 0 Å². The van der Waals surface area contributed by atoms with Crippen molar-refractivity contribution < 1.29 is 9.53 Å². The van der Waals surface area contributed by atoms with Crippen LogP contribution in [0, 0.1) is 0 Å². The second kappa shape index (κ2) is 4.96. The zero-order valence-corrected chi connectivity index (χ0v) is 7.64. The van der Waals surface area contributed by atoms with Crippen LogP contribution in [0.25, 0.3) is 0 Å². The van der Waals surface area contributed by atoms with Gasteiger partial charge in [-0.2, -0.15) is 0 Å². The van der Waals surface area contributed by atoms with Crippen LogP contribution in [0.5, 0.6) is 0 Å². The van der Waals surface area contributed by atoms with E-state index in [2.05, 4.69) is 10.8 Å². The Morgan fingerprint density at radius 3 is 3.08 bits per heavy atom. The molecule has 12 heavy (non-hydrogen) atoms. The molecule has 1 aliphatic rings. The summed E-state index contributed by atoms with van der Waals surface area (Å²) in [6.45, 7) is 0. The molecule has 0 aromatic rings. The number of esters is 1. The van der Waals surface area contributed by atoms with Crippen molar-refractivity contribution in [2.24, 2.45) is 0 Å². The Balaban J connectivity index is 2.38. The van der Waals surface area contributed by atoms with E-state index in [0.29, 0.717) is 6.42 Å². The highest BCUT2D eigenvalue weighted by Gasteiger charge is 2.07. The van der Waals surface area contributed by atoms with Gasteiger partial charge in [0.25, 0.3) is 0 Å². The number of carbonyl (C=O) groups excluding carboxylic acids is 1. The van der Waals surface area contributed by atoms with E-state index < -0.39 is 0 Å². The molecule has 0 amide bonds. The first-order valence-corrected chi connectivity index (χ1v) is 4.57. The number of carbonyl (C=O) groups is 1. The van der Waals surface area contributed by atoms with E-state index in [1.807, 2.05) is 0 Å². The maximum atomic E-state index is 10.9. The smallest absolute Gasteiger partial charge is 0.309 e. The molecule has 0 unspecified atom stereocenters. The Morgan fingerprint density at radius 2 is 2.33 bits per heavy atom. The number of allylic oxidation sites excluding steroid dienone is 1. The maximum Gasteiger partial charge on any atom is 0.309 e. The second-order valence-corrected chi connectivity index (χ2v) is 3.21. The van der Waals surface area contributed by atoms with Crippen molar-refractivity contribution in [2.75, 3.05) is 7.11 Å². The van der Waals surface area contributed by atoms with Crippen LogP contribution in [-0.2, 0) is 9.53 Å². The molecule has 0 fully saturated rings. The van der Waals surface area contributed by atoms with Crippen molar-refractivity contribution in [3.63, 3.8) is 0 Å². The summed E-state index contributed by atoms with van der Waals surface area (Å²) < 4.78 is 4.61. The van der Waals surface area contributed by atoms with E-state index in [1.54, 1.807) is 0 Å². The molecule has 0 bridgehead atoms. The molecule has 2 nitrogen and oxygen atoms in total. The lowest BCUT2D eigenvalue weighted by Crippen LogP contribution is -2.01. The third kappa shape index (κ3) is 3.07. The molecular formula is C10H16O2. The van der Waals surface area contributed by atoms with Gasteiger partial charge in [-0.15, -0.1) is 0 Å². The number of rotatable bonds is 2. The first kappa shape index (κ1) is 9.30. The van der Waals surface area contributed by atoms with Crippen molar-refractivity contribution in [1.82, 2.24) is 0 Å². The van der Waals surface area contributed by atoms with Crippen molar-refractivity contribution in [3.8, 4) is 0 Å².